The number of benzene rings is 1. The first-order chi connectivity index (χ1) is 6.08. The largest absolute Gasteiger partial charge is 0.493 e. The van der Waals surface area contributed by atoms with Gasteiger partial charge < -0.3 is 4.74 Å². The van der Waals surface area contributed by atoms with Crippen LogP contribution in [-0.4, -0.2) is 12.8 Å². The fourth-order valence-corrected chi connectivity index (χ4v) is 0.752. The molecular weight excluding hydrogens is 181 g/mol. The lowest BCUT2D eigenvalue weighted by atomic mass is 10.3. The highest BCUT2D eigenvalue weighted by atomic mass is 19.4. The number of rotatable bonds is 3. The molecule has 13 heavy (non-hydrogen) atoms. The standard InChI is InChI=1S/C9H8F3O/c10-9(11,12)6-7-13-8-4-2-1-3-5-8/h2-5H,6-7H2. The van der Waals surface area contributed by atoms with Crippen molar-refractivity contribution in [2.24, 2.45) is 0 Å². The summed E-state index contributed by atoms with van der Waals surface area (Å²) in [4.78, 5) is 0. The lowest BCUT2D eigenvalue weighted by Crippen LogP contribution is -2.12. The molecule has 71 valence electrons. The summed E-state index contributed by atoms with van der Waals surface area (Å²) >= 11 is 0. The molecule has 0 aliphatic rings. The van der Waals surface area contributed by atoms with E-state index in [4.69, 9.17) is 4.74 Å². The first-order valence-corrected chi connectivity index (χ1v) is 3.73. The molecule has 1 rings (SSSR count). The second kappa shape index (κ2) is 4.16. The summed E-state index contributed by atoms with van der Waals surface area (Å²) in [6.07, 6.45) is -5.08. The number of halogens is 3. The zero-order valence-electron chi connectivity index (χ0n) is 6.77. The Morgan fingerprint density at radius 1 is 1.23 bits per heavy atom. The molecule has 0 N–H and O–H groups in total. The van der Waals surface area contributed by atoms with E-state index < -0.39 is 12.6 Å². The quantitative estimate of drug-likeness (QED) is 0.710. The topological polar surface area (TPSA) is 9.23 Å². The maximum atomic E-state index is 11.7. The fraction of sp³-hybridized carbons (Fsp3) is 0.333. The molecule has 0 bridgehead atoms. The highest BCUT2D eigenvalue weighted by Crippen LogP contribution is 2.19. The molecule has 0 saturated heterocycles. The summed E-state index contributed by atoms with van der Waals surface area (Å²) in [7, 11) is 0. The van der Waals surface area contributed by atoms with E-state index in [1.165, 1.54) is 0 Å². The highest BCUT2D eigenvalue weighted by Gasteiger charge is 2.26. The number of hydrogen-bond acceptors (Lipinski definition) is 1. The summed E-state index contributed by atoms with van der Waals surface area (Å²) < 4.78 is 39.9. The first-order valence-electron chi connectivity index (χ1n) is 3.73. The van der Waals surface area contributed by atoms with Crippen LogP contribution in [0.1, 0.15) is 6.42 Å². The van der Waals surface area contributed by atoms with E-state index in [0.29, 0.717) is 5.75 Å². The van der Waals surface area contributed by atoms with Gasteiger partial charge >= 0.3 is 6.18 Å². The van der Waals surface area contributed by atoms with Crippen LogP contribution in [-0.2, 0) is 0 Å². The molecule has 1 radical (unpaired) electrons. The van der Waals surface area contributed by atoms with Crippen LogP contribution in [0.4, 0.5) is 13.2 Å². The number of hydrogen-bond donors (Lipinski definition) is 0. The van der Waals surface area contributed by atoms with Crippen molar-refractivity contribution in [2.45, 2.75) is 12.6 Å². The normalized spacial score (nSPS) is 11.3. The van der Waals surface area contributed by atoms with Gasteiger partial charge in [-0.15, -0.1) is 0 Å². The third kappa shape index (κ3) is 4.40. The molecule has 0 spiro atoms. The maximum absolute atomic E-state index is 11.7. The molecule has 0 fully saturated rings. The van der Waals surface area contributed by atoms with E-state index in [1.807, 2.05) is 0 Å². The van der Waals surface area contributed by atoms with Gasteiger partial charge in [0.1, 0.15) is 5.75 Å². The fourth-order valence-electron chi connectivity index (χ4n) is 0.752. The SMILES string of the molecule is FC(F)(F)CCOc1cc[c]cc1. The van der Waals surface area contributed by atoms with Crippen molar-refractivity contribution in [1.82, 2.24) is 0 Å². The lowest BCUT2D eigenvalue weighted by Gasteiger charge is -2.07. The van der Waals surface area contributed by atoms with Gasteiger partial charge in [-0.2, -0.15) is 13.2 Å². The second-order valence-electron chi connectivity index (χ2n) is 2.45. The van der Waals surface area contributed by atoms with Gasteiger partial charge in [0.15, 0.2) is 0 Å². The molecule has 1 nitrogen and oxygen atoms in total. The summed E-state index contributed by atoms with van der Waals surface area (Å²) in [5.41, 5.74) is 0. The van der Waals surface area contributed by atoms with Crippen molar-refractivity contribution >= 4 is 0 Å². The summed E-state index contributed by atoms with van der Waals surface area (Å²) in [6, 6.07) is 9.04. The van der Waals surface area contributed by atoms with E-state index >= 15 is 0 Å². The monoisotopic (exact) mass is 189 g/mol. The van der Waals surface area contributed by atoms with Crippen LogP contribution in [0.3, 0.4) is 0 Å². The second-order valence-corrected chi connectivity index (χ2v) is 2.45. The lowest BCUT2D eigenvalue weighted by molar-refractivity contribution is -0.139. The summed E-state index contributed by atoms with van der Waals surface area (Å²) in [5, 5.41) is 0. The minimum Gasteiger partial charge on any atom is -0.493 e. The van der Waals surface area contributed by atoms with Crippen molar-refractivity contribution < 1.29 is 17.9 Å². The predicted molar refractivity (Wildman–Crippen MR) is 41.4 cm³/mol. The van der Waals surface area contributed by atoms with Gasteiger partial charge in [0, 0.05) is 0 Å². The van der Waals surface area contributed by atoms with Gasteiger partial charge in [-0.25, -0.2) is 0 Å². The maximum Gasteiger partial charge on any atom is 0.392 e. The molecule has 0 amide bonds. The molecule has 0 aliphatic carbocycles. The van der Waals surface area contributed by atoms with Crippen molar-refractivity contribution in [3.05, 3.63) is 30.3 Å². The average Bonchev–Trinajstić information content (AvgIpc) is 2.04. The molecule has 0 atom stereocenters. The van der Waals surface area contributed by atoms with E-state index in [2.05, 4.69) is 6.07 Å². The zero-order chi connectivity index (χ0) is 9.73. The molecule has 4 heteroatoms. The Balaban J connectivity index is 2.29. The molecule has 0 unspecified atom stereocenters. The van der Waals surface area contributed by atoms with Crippen LogP contribution in [0.5, 0.6) is 5.75 Å². The predicted octanol–water partition coefficient (Wildman–Crippen LogP) is 2.82. The zero-order valence-corrected chi connectivity index (χ0v) is 6.77. The summed E-state index contributed by atoms with van der Waals surface area (Å²) in [5.74, 6) is 0.433. The van der Waals surface area contributed by atoms with E-state index in [0.717, 1.165) is 0 Å². The molecule has 0 aromatic heterocycles. The van der Waals surface area contributed by atoms with Crippen LogP contribution in [0.25, 0.3) is 0 Å². The van der Waals surface area contributed by atoms with Crippen LogP contribution < -0.4 is 4.74 Å². The Morgan fingerprint density at radius 2 is 1.85 bits per heavy atom. The van der Waals surface area contributed by atoms with E-state index in [-0.39, 0.29) is 6.61 Å². The van der Waals surface area contributed by atoms with Gasteiger partial charge in [0.25, 0.3) is 0 Å². The van der Waals surface area contributed by atoms with Crippen molar-refractivity contribution in [3.63, 3.8) is 0 Å². The third-order valence-electron chi connectivity index (χ3n) is 1.34. The van der Waals surface area contributed by atoms with E-state index in [1.54, 1.807) is 24.3 Å². The number of ether oxygens (including phenoxy) is 1. The van der Waals surface area contributed by atoms with Crippen LogP contribution in [0.15, 0.2) is 24.3 Å². The highest BCUT2D eigenvalue weighted by molar-refractivity contribution is 5.20. The molecular formula is C9H8F3O. The van der Waals surface area contributed by atoms with Crippen molar-refractivity contribution in [3.8, 4) is 5.75 Å². The van der Waals surface area contributed by atoms with Gasteiger partial charge in [-0.1, -0.05) is 12.1 Å². The molecule has 0 aliphatic heterocycles. The smallest absolute Gasteiger partial charge is 0.392 e. The van der Waals surface area contributed by atoms with Crippen molar-refractivity contribution in [2.75, 3.05) is 6.61 Å². The minimum absolute atomic E-state index is 0.340. The van der Waals surface area contributed by atoms with Gasteiger partial charge in [-0.3, -0.25) is 0 Å². The Hall–Kier alpha value is -1.19. The van der Waals surface area contributed by atoms with Gasteiger partial charge in [-0.05, 0) is 18.2 Å². The van der Waals surface area contributed by atoms with Gasteiger partial charge in [0.05, 0.1) is 13.0 Å². The molecule has 1 aromatic carbocycles. The number of alkyl halides is 3. The first kappa shape index (κ1) is 9.89. The Labute approximate surface area is 74.1 Å². The third-order valence-corrected chi connectivity index (χ3v) is 1.34. The molecule has 1 aromatic rings. The van der Waals surface area contributed by atoms with Crippen LogP contribution >= 0.6 is 0 Å². The van der Waals surface area contributed by atoms with Crippen LogP contribution in [0, 0.1) is 6.07 Å². The average molecular weight is 189 g/mol. The van der Waals surface area contributed by atoms with Crippen molar-refractivity contribution in [1.29, 1.82) is 0 Å². The van der Waals surface area contributed by atoms with Gasteiger partial charge in [0.2, 0.25) is 0 Å². The Morgan fingerprint density at radius 3 is 2.38 bits per heavy atom. The summed E-state index contributed by atoms with van der Waals surface area (Å²) in [6.45, 7) is -0.340. The Kier molecular flexibility index (Phi) is 3.17. The van der Waals surface area contributed by atoms with Crippen LogP contribution in [0.2, 0.25) is 0 Å². The molecule has 0 saturated carbocycles. The minimum atomic E-state index is -4.15. The van der Waals surface area contributed by atoms with E-state index in [9.17, 15) is 13.2 Å². The molecule has 0 heterocycles. The Bertz CT molecular complexity index is 243.